The smallest absolute Gasteiger partial charge is 0.338 e. The molecule has 0 saturated carbocycles. The van der Waals surface area contributed by atoms with Crippen molar-refractivity contribution in [3.63, 3.8) is 0 Å². The second kappa shape index (κ2) is 6.92. The fourth-order valence-corrected chi connectivity index (χ4v) is 2.20. The molecular weight excluding hydrogens is 291 g/mol. The topological polar surface area (TPSA) is 26.3 Å². The van der Waals surface area contributed by atoms with Crippen molar-refractivity contribution in [1.29, 1.82) is 0 Å². The van der Waals surface area contributed by atoms with Crippen molar-refractivity contribution in [2.24, 2.45) is 0 Å². The van der Waals surface area contributed by atoms with Gasteiger partial charge in [0.1, 0.15) is 0 Å². The van der Waals surface area contributed by atoms with Gasteiger partial charge in [0.2, 0.25) is 0 Å². The summed E-state index contributed by atoms with van der Waals surface area (Å²) in [7, 11) is 1.40. The molecule has 0 aliphatic heterocycles. The average Bonchev–Trinajstić information content (AvgIpc) is 2.34. The Morgan fingerprint density at radius 2 is 2.12 bits per heavy atom. The Hall–Kier alpha value is -0.540. The first-order valence-corrected chi connectivity index (χ1v) is 6.71. The Kier molecular flexibility index (Phi) is 5.85. The van der Waals surface area contributed by atoms with Crippen LogP contribution in [0.4, 0.5) is 0 Å². The lowest BCUT2D eigenvalue weighted by Crippen LogP contribution is -2.09. The van der Waals surface area contributed by atoms with Crippen LogP contribution in [0.25, 0.3) is 0 Å². The molecule has 1 aromatic carbocycles. The van der Waals surface area contributed by atoms with Gasteiger partial charge < -0.3 is 4.74 Å². The van der Waals surface area contributed by atoms with Crippen molar-refractivity contribution < 1.29 is 9.53 Å². The number of aryl methyl sites for hydroxylation is 1. The second-order valence-corrected chi connectivity index (χ2v) is 4.31. The Morgan fingerprint density at radius 3 is 2.69 bits per heavy atom. The molecule has 0 fully saturated rings. The van der Waals surface area contributed by atoms with Crippen LogP contribution in [0, 0.1) is 0 Å². The molecule has 0 aliphatic carbocycles. The maximum absolute atomic E-state index is 11.7. The molecule has 2 nitrogen and oxygen atoms in total. The van der Waals surface area contributed by atoms with Gasteiger partial charge in [-0.05, 0) is 24.0 Å². The molecule has 88 valence electrons. The third-order valence-corrected chi connectivity index (χ3v) is 3.22. The van der Waals surface area contributed by atoms with Gasteiger partial charge in [-0.3, -0.25) is 0 Å². The minimum atomic E-state index is -0.278. The number of rotatable bonds is 5. The molecular formula is C12H14BrClO2. The van der Waals surface area contributed by atoms with E-state index in [9.17, 15) is 4.79 Å². The Morgan fingerprint density at radius 1 is 1.44 bits per heavy atom. The van der Waals surface area contributed by atoms with Crippen LogP contribution in [-0.4, -0.2) is 19.0 Å². The zero-order valence-electron chi connectivity index (χ0n) is 9.13. The molecule has 0 spiro atoms. The van der Waals surface area contributed by atoms with Gasteiger partial charge in [0.25, 0.3) is 0 Å². The van der Waals surface area contributed by atoms with Crippen LogP contribution in [0.1, 0.15) is 27.9 Å². The Bertz CT molecular complexity index is 366. The third-order valence-electron chi connectivity index (χ3n) is 2.35. The number of halogens is 2. The first-order chi connectivity index (χ1) is 7.74. The van der Waals surface area contributed by atoms with Crippen molar-refractivity contribution in [2.45, 2.75) is 18.2 Å². The molecule has 0 saturated heterocycles. The summed E-state index contributed by atoms with van der Waals surface area (Å²) in [6, 6.07) is 5.82. The fourth-order valence-electron chi connectivity index (χ4n) is 1.59. The summed E-state index contributed by atoms with van der Waals surface area (Å²) >= 11 is 9.04. The molecule has 16 heavy (non-hydrogen) atoms. The van der Waals surface area contributed by atoms with Crippen molar-refractivity contribution in [2.75, 3.05) is 13.0 Å². The Labute approximate surface area is 109 Å². The van der Waals surface area contributed by atoms with Crippen molar-refractivity contribution >= 4 is 33.5 Å². The first-order valence-electron chi connectivity index (χ1n) is 5.05. The Balaban J connectivity index is 3.10. The number of ether oxygens (including phenoxy) is 1. The SMILES string of the molecule is COC(=O)c1c(CBr)cccc1CCCCl. The highest BCUT2D eigenvalue weighted by molar-refractivity contribution is 9.08. The minimum Gasteiger partial charge on any atom is -0.465 e. The minimum absolute atomic E-state index is 0.278. The van der Waals surface area contributed by atoms with E-state index in [2.05, 4.69) is 15.9 Å². The van der Waals surface area contributed by atoms with E-state index in [0.29, 0.717) is 16.8 Å². The van der Waals surface area contributed by atoms with E-state index in [0.717, 1.165) is 24.0 Å². The molecule has 0 heterocycles. The van der Waals surface area contributed by atoms with Crippen LogP contribution in [0.3, 0.4) is 0 Å². The highest BCUT2D eigenvalue weighted by Crippen LogP contribution is 2.20. The molecule has 0 amide bonds. The number of carbonyl (C=O) groups excluding carboxylic acids is 1. The quantitative estimate of drug-likeness (QED) is 0.614. The summed E-state index contributed by atoms with van der Waals surface area (Å²) in [5, 5.41) is 0.645. The van der Waals surface area contributed by atoms with Gasteiger partial charge in [-0.1, -0.05) is 34.1 Å². The predicted octanol–water partition coefficient (Wildman–Crippen LogP) is 3.54. The molecule has 0 atom stereocenters. The lowest BCUT2D eigenvalue weighted by Gasteiger charge is -2.11. The molecule has 0 unspecified atom stereocenters. The number of hydrogen-bond donors (Lipinski definition) is 0. The summed E-state index contributed by atoms with van der Waals surface area (Å²) in [5.41, 5.74) is 2.63. The lowest BCUT2D eigenvalue weighted by molar-refractivity contribution is 0.0598. The van der Waals surface area contributed by atoms with E-state index in [1.54, 1.807) is 0 Å². The molecule has 1 aromatic rings. The van der Waals surface area contributed by atoms with Gasteiger partial charge in [-0.15, -0.1) is 11.6 Å². The van der Waals surface area contributed by atoms with Crippen molar-refractivity contribution in [1.82, 2.24) is 0 Å². The third kappa shape index (κ3) is 3.22. The van der Waals surface area contributed by atoms with E-state index in [-0.39, 0.29) is 5.97 Å². The van der Waals surface area contributed by atoms with Gasteiger partial charge in [-0.25, -0.2) is 4.79 Å². The zero-order valence-corrected chi connectivity index (χ0v) is 11.5. The molecule has 0 aliphatic rings. The summed E-state index contributed by atoms with van der Waals surface area (Å²) in [6.45, 7) is 0. The summed E-state index contributed by atoms with van der Waals surface area (Å²) < 4.78 is 4.81. The molecule has 0 bridgehead atoms. The zero-order chi connectivity index (χ0) is 12.0. The molecule has 0 N–H and O–H groups in total. The number of hydrogen-bond acceptors (Lipinski definition) is 2. The van der Waals surface area contributed by atoms with Crippen LogP contribution in [0.2, 0.25) is 0 Å². The molecule has 0 radical (unpaired) electrons. The van der Waals surface area contributed by atoms with Gasteiger partial charge in [0.05, 0.1) is 12.7 Å². The molecule has 1 rings (SSSR count). The fraction of sp³-hybridized carbons (Fsp3) is 0.417. The maximum Gasteiger partial charge on any atom is 0.338 e. The normalized spacial score (nSPS) is 10.2. The van der Waals surface area contributed by atoms with Crippen LogP contribution in [0.5, 0.6) is 0 Å². The van der Waals surface area contributed by atoms with E-state index >= 15 is 0 Å². The van der Waals surface area contributed by atoms with Crippen molar-refractivity contribution in [3.05, 3.63) is 34.9 Å². The van der Waals surface area contributed by atoms with Gasteiger partial charge >= 0.3 is 5.97 Å². The van der Waals surface area contributed by atoms with E-state index in [1.165, 1.54) is 7.11 Å². The van der Waals surface area contributed by atoms with Crippen molar-refractivity contribution in [3.8, 4) is 0 Å². The second-order valence-electron chi connectivity index (χ2n) is 3.37. The first kappa shape index (κ1) is 13.5. The van der Waals surface area contributed by atoms with Crippen LogP contribution in [-0.2, 0) is 16.5 Å². The number of alkyl halides is 2. The molecule has 4 heteroatoms. The number of esters is 1. The summed E-state index contributed by atoms with van der Waals surface area (Å²) in [6.07, 6.45) is 1.66. The van der Waals surface area contributed by atoms with Gasteiger partial charge in [0, 0.05) is 11.2 Å². The number of benzene rings is 1. The highest BCUT2D eigenvalue weighted by atomic mass is 79.9. The number of carbonyl (C=O) groups is 1. The predicted molar refractivity (Wildman–Crippen MR) is 69.5 cm³/mol. The monoisotopic (exact) mass is 304 g/mol. The average molecular weight is 306 g/mol. The summed E-state index contributed by atoms with van der Waals surface area (Å²) in [4.78, 5) is 11.7. The van der Waals surface area contributed by atoms with E-state index < -0.39 is 0 Å². The molecule has 0 aromatic heterocycles. The van der Waals surface area contributed by atoms with E-state index in [4.69, 9.17) is 16.3 Å². The highest BCUT2D eigenvalue weighted by Gasteiger charge is 2.15. The summed E-state index contributed by atoms with van der Waals surface area (Å²) in [5.74, 6) is 0.318. The van der Waals surface area contributed by atoms with Crippen LogP contribution >= 0.6 is 27.5 Å². The maximum atomic E-state index is 11.7. The number of methoxy groups -OCH3 is 1. The standard InChI is InChI=1S/C12H14BrClO2/c1-16-12(15)11-9(6-3-7-14)4-2-5-10(11)8-13/h2,4-5H,3,6-8H2,1H3. The largest absolute Gasteiger partial charge is 0.465 e. The lowest BCUT2D eigenvalue weighted by atomic mass is 9.99. The van der Waals surface area contributed by atoms with E-state index in [1.807, 2.05) is 18.2 Å². The van der Waals surface area contributed by atoms with Crippen LogP contribution < -0.4 is 0 Å². The van der Waals surface area contributed by atoms with Crippen LogP contribution in [0.15, 0.2) is 18.2 Å². The van der Waals surface area contributed by atoms with Gasteiger partial charge in [-0.2, -0.15) is 0 Å². The van der Waals surface area contributed by atoms with Gasteiger partial charge in [0.15, 0.2) is 0 Å².